The zero-order chi connectivity index (χ0) is 39.7. The summed E-state index contributed by atoms with van der Waals surface area (Å²) in [6.45, 7) is 4.78. The van der Waals surface area contributed by atoms with Gasteiger partial charge in [0, 0.05) is 42.5 Å². The summed E-state index contributed by atoms with van der Waals surface area (Å²) >= 11 is 1.92. The Labute approximate surface area is 354 Å². The first-order valence-corrected chi connectivity index (χ1v) is 21.8. The van der Waals surface area contributed by atoms with E-state index in [2.05, 4.69) is 219 Å². The van der Waals surface area contributed by atoms with Gasteiger partial charge in [0.15, 0.2) is 0 Å². The summed E-state index contributed by atoms with van der Waals surface area (Å²) in [5.74, 6) is 0. The molecule has 3 aliphatic carbocycles. The minimum atomic E-state index is -0.504. The number of anilines is 3. The van der Waals surface area contributed by atoms with Crippen molar-refractivity contribution in [3.8, 4) is 44.5 Å². The number of fused-ring (bicyclic) bond motifs is 16. The number of para-hydroxylation sites is 1. The van der Waals surface area contributed by atoms with Crippen LogP contribution in [0.4, 0.5) is 17.1 Å². The fourth-order valence-corrected chi connectivity index (χ4v) is 12.5. The minimum absolute atomic E-state index is 0.147. The van der Waals surface area contributed by atoms with Crippen molar-refractivity contribution in [2.24, 2.45) is 0 Å². The van der Waals surface area contributed by atoms with Gasteiger partial charge in [-0.05, 0) is 115 Å². The van der Waals surface area contributed by atoms with Crippen LogP contribution in [0.2, 0.25) is 0 Å². The van der Waals surface area contributed by atoms with Crippen LogP contribution in [0.5, 0.6) is 0 Å². The quantitative estimate of drug-likeness (QED) is 0.172. The molecule has 1 spiro atoms. The Hall–Kier alpha value is -7.00. The summed E-state index contributed by atoms with van der Waals surface area (Å²) in [6, 6.07) is 75.4. The average Bonchev–Trinajstić information content (AvgIpc) is 3.99. The van der Waals surface area contributed by atoms with Crippen molar-refractivity contribution in [1.82, 2.24) is 0 Å². The van der Waals surface area contributed by atoms with E-state index in [0.717, 1.165) is 5.69 Å². The zero-order valence-electron chi connectivity index (χ0n) is 33.4. The van der Waals surface area contributed by atoms with Gasteiger partial charge in [0.2, 0.25) is 0 Å². The fourth-order valence-electron chi connectivity index (χ4n) is 11.3. The van der Waals surface area contributed by atoms with Crippen LogP contribution in [0.1, 0.15) is 47.2 Å². The lowest BCUT2D eigenvalue weighted by Crippen LogP contribution is -2.26. The number of hydrogen-bond donors (Lipinski definition) is 0. The maximum atomic E-state index is 2.60. The van der Waals surface area contributed by atoms with Gasteiger partial charge in [-0.15, -0.1) is 11.3 Å². The number of hydrogen-bond acceptors (Lipinski definition) is 2. The van der Waals surface area contributed by atoms with Gasteiger partial charge in [-0.25, -0.2) is 0 Å². The molecular weight excluding hydrogens is 743 g/mol. The predicted octanol–water partition coefficient (Wildman–Crippen LogP) is 15.8. The molecule has 0 aliphatic heterocycles. The molecule has 1 nitrogen and oxygen atoms in total. The highest BCUT2D eigenvalue weighted by Crippen LogP contribution is 2.67. The molecule has 0 saturated heterocycles. The van der Waals surface area contributed by atoms with Crippen molar-refractivity contribution in [3.63, 3.8) is 0 Å². The second kappa shape index (κ2) is 12.3. The molecule has 13 rings (SSSR count). The lowest BCUT2D eigenvalue weighted by molar-refractivity contribution is 0.660. The summed E-state index contributed by atoms with van der Waals surface area (Å²) < 4.78 is 2.60. The summed E-state index contributed by atoms with van der Waals surface area (Å²) in [6.07, 6.45) is 0. The van der Waals surface area contributed by atoms with Gasteiger partial charge >= 0.3 is 0 Å². The molecule has 1 heterocycles. The van der Waals surface area contributed by atoms with E-state index in [1.54, 1.807) is 0 Å². The van der Waals surface area contributed by atoms with Gasteiger partial charge in [-0.1, -0.05) is 172 Å². The second-order valence-corrected chi connectivity index (χ2v) is 18.2. The van der Waals surface area contributed by atoms with Crippen LogP contribution >= 0.6 is 11.3 Å². The second-order valence-electron chi connectivity index (χ2n) is 17.2. The molecule has 0 N–H and O–H groups in total. The largest absolute Gasteiger partial charge is 0.309 e. The molecule has 60 heavy (non-hydrogen) atoms. The van der Waals surface area contributed by atoms with E-state index in [9.17, 15) is 0 Å². The molecule has 3 aliphatic rings. The average molecular weight is 782 g/mol. The third-order valence-electron chi connectivity index (χ3n) is 13.9. The van der Waals surface area contributed by atoms with Gasteiger partial charge in [0.05, 0.1) is 11.1 Å². The van der Waals surface area contributed by atoms with Crippen molar-refractivity contribution in [2.45, 2.75) is 24.7 Å². The van der Waals surface area contributed by atoms with E-state index >= 15 is 0 Å². The predicted molar refractivity (Wildman–Crippen MR) is 253 cm³/mol. The van der Waals surface area contributed by atoms with Gasteiger partial charge in [-0.3, -0.25) is 0 Å². The molecule has 10 aromatic rings. The van der Waals surface area contributed by atoms with E-state index in [1.807, 2.05) is 11.3 Å². The number of thiophene rings is 1. The molecule has 0 amide bonds. The first kappa shape index (κ1) is 33.9. The Bertz CT molecular complexity index is 3360. The van der Waals surface area contributed by atoms with Crippen molar-refractivity contribution in [2.75, 3.05) is 4.90 Å². The summed E-state index contributed by atoms with van der Waals surface area (Å²) in [4.78, 5) is 2.60. The van der Waals surface area contributed by atoms with Crippen molar-refractivity contribution >= 4 is 48.6 Å². The summed E-state index contributed by atoms with van der Waals surface area (Å²) in [7, 11) is 0. The molecule has 1 aromatic heterocycles. The monoisotopic (exact) mass is 781 g/mol. The Morgan fingerprint density at radius 3 is 1.70 bits per heavy atom. The smallest absolute Gasteiger partial charge is 0.0726 e. The first-order valence-electron chi connectivity index (χ1n) is 21.0. The van der Waals surface area contributed by atoms with Crippen LogP contribution in [-0.2, 0) is 10.8 Å². The standard InChI is InChI=1S/C58H39NS/c1-57(2)46-25-13-9-21-40(46)43-31-30-39(34-50(43)57)59(38-19-7-4-8-20-38)56-54-45-33-37(36-17-5-3-6-18-36)29-32-49(45)58(47-26-14-10-22-41(47)42-23-11-15-27-48(42)58)51(54)35-53-55(56)44-24-12-16-28-52(44)60-53/h3-35H,1-2H3. The maximum absolute atomic E-state index is 2.60. The number of rotatable bonds is 4. The Morgan fingerprint density at radius 1 is 0.383 bits per heavy atom. The van der Waals surface area contributed by atoms with Crippen LogP contribution < -0.4 is 4.90 Å². The molecule has 0 unspecified atom stereocenters. The normalized spacial score (nSPS) is 14.4. The molecule has 9 aromatic carbocycles. The van der Waals surface area contributed by atoms with E-state index in [-0.39, 0.29) is 5.41 Å². The lowest BCUT2D eigenvalue weighted by Gasteiger charge is -2.33. The summed E-state index contributed by atoms with van der Waals surface area (Å²) in [5.41, 5.74) is 21.4. The van der Waals surface area contributed by atoms with Gasteiger partial charge < -0.3 is 4.90 Å². The Kier molecular flexibility index (Phi) is 6.94. The van der Waals surface area contributed by atoms with Crippen LogP contribution in [0.3, 0.4) is 0 Å². The van der Waals surface area contributed by atoms with E-state index in [1.165, 1.54) is 109 Å². The van der Waals surface area contributed by atoms with Gasteiger partial charge in [0.1, 0.15) is 0 Å². The van der Waals surface area contributed by atoms with Crippen LogP contribution in [-0.4, -0.2) is 0 Å². The van der Waals surface area contributed by atoms with Gasteiger partial charge in [-0.2, -0.15) is 0 Å². The van der Waals surface area contributed by atoms with Gasteiger partial charge in [0.25, 0.3) is 0 Å². The van der Waals surface area contributed by atoms with Crippen molar-refractivity contribution in [3.05, 3.63) is 234 Å². The Balaban J connectivity index is 1.21. The highest BCUT2D eigenvalue weighted by atomic mass is 32.1. The zero-order valence-corrected chi connectivity index (χ0v) is 34.2. The van der Waals surface area contributed by atoms with Crippen LogP contribution in [0.15, 0.2) is 200 Å². The molecule has 282 valence electrons. The lowest BCUT2D eigenvalue weighted by atomic mass is 9.70. The molecule has 0 radical (unpaired) electrons. The fraction of sp³-hybridized carbons (Fsp3) is 0.0690. The van der Waals surface area contributed by atoms with Crippen LogP contribution in [0, 0.1) is 0 Å². The topological polar surface area (TPSA) is 3.24 Å². The Morgan fingerprint density at radius 2 is 0.967 bits per heavy atom. The van der Waals surface area contributed by atoms with Crippen molar-refractivity contribution < 1.29 is 0 Å². The van der Waals surface area contributed by atoms with E-state index in [0.29, 0.717) is 0 Å². The molecule has 0 atom stereocenters. The molecule has 0 bridgehead atoms. The van der Waals surface area contributed by atoms with Crippen LogP contribution in [0.25, 0.3) is 64.7 Å². The molecule has 0 fully saturated rings. The number of nitrogens with zero attached hydrogens (tertiary/aromatic N) is 1. The third-order valence-corrected chi connectivity index (χ3v) is 15.0. The number of benzene rings is 9. The third kappa shape index (κ3) is 4.36. The van der Waals surface area contributed by atoms with Crippen molar-refractivity contribution in [1.29, 1.82) is 0 Å². The highest BCUT2D eigenvalue weighted by Gasteiger charge is 2.53. The SMILES string of the molecule is CC1(C)c2ccccc2-c2ccc(N(c3ccccc3)c3c4c(cc5sc6ccccc6c35)C3(c5ccccc5-c5ccccc53)c3ccc(-c5ccccc5)cc3-4)cc21. The van der Waals surface area contributed by atoms with E-state index in [4.69, 9.17) is 0 Å². The highest BCUT2D eigenvalue weighted by molar-refractivity contribution is 7.26. The minimum Gasteiger partial charge on any atom is -0.309 e. The molecule has 2 heteroatoms. The molecule has 0 saturated carbocycles. The first-order chi connectivity index (χ1) is 29.5. The molecular formula is C58H39NS. The maximum Gasteiger partial charge on any atom is 0.0726 e. The van der Waals surface area contributed by atoms with E-state index < -0.39 is 5.41 Å². The summed E-state index contributed by atoms with van der Waals surface area (Å²) in [5, 5.41) is 2.59.